The van der Waals surface area contributed by atoms with Gasteiger partial charge in [0, 0.05) is 12.4 Å². The Bertz CT molecular complexity index is 441. The molecule has 1 aliphatic rings. The Kier molecular flexibility index (Phi) is 3.55. The lowest BCUT2D eigenvalue weighted by Gasteiger charge is -2.28. The summed E-state index contributed by atoms with van der Waals surface area (Å²) in [6.45, 7) is 0. The minimum Gasteiger partial charge on any atom is -0.481 e. The number of rotatable bonds is 4. The normalized spacial score (nSPS) is 17.3. The quantitative estimate of drug-likeness (QED) is 0.830. The lowest BCUT2D eigenvalue weighted by Crippen LogP contribution is -2.47. The summed E-state index contributed by atoms with van der Waals surface area (Å²) >= 11 is 0. The van der Waals surface area contributed by atoms with Gasteiger partial charge >= 0.3 is 5.97 Å². The molecular formula is C12H15N3O3. The van der Waals surface area contributed by atoms with Crippen LogP contribution >= 0.6 is 0 Å². The third kappa shape index (κ3) is 2.82. The molecule has 0 unspecified atom stereocenters. The first kappa shape index (κ1) is 12.5. The minimum atomic E-state index is -0.887. The molecule has 1 fully saturated rings. The Morgan fingerprint density at radius 3 is 2.44 bits per heavy atom. The molecule has 0 spiro atoms. The summed E-state index contributed by atoms with van der Waals surface area (Å²) in [7, 11) is 0. The van der Waals surface area contributed by atoms with E-state index < -0.39 is 11.5 Å². The number of hydrogen-bond acceptors (Lipinski definition) is 4. The van der Waals surface area contributed by atoms with Gasteiger partial charge in [0.25, 0.3) is 5.91 Å². The van der Waals surface area contributed by atoms with Crippen molar-refractivity contribution in [2.75, 3.05) is 0 Å². The Labute approximate surface area is 104 Å². The van der Waals surface area contributed by atoms with Crippen LogP contribution in [-0.2, 0) is 4.79 Å². The number of aromatic nitrogens is 2. The number of carbonyl (C=O) groups excluding carboxylic acids is 1. The molecule has 0 aromatic carbocycles. The highest BCUT2D eigenvalue weighted by molar-refractivity contribution is 5.94. The zero-order valence-corrected chi connectivity index (χ0v) is 9.93. The van der Waals surface area contributed by atoms with Crippen molar-refractivity contribution in [2.45, 2.75) is 37.6 Å². The van der Waals surface area contributed by atoms with Gasteiger partial charge in [-0.1, -0.05) is 12.8 Å². The fourth-order valence-electron chi connectivity index (χ4n) is 2.42. The maximum atomic E-state index is 12.0. The molecule has 1 aromatic heterocycles. The molecule has 1 saturated carbocycles. The molecule has 6 nitrogen and oxygen atoms in total. The van der Waals surface area contributed by atoms with Crippen molar-refractivity contribution in [3.05, 3.63) is 24.3 Å². The Morgan fingerprint density at radius 1 is 1.28 bits per heavy atom. The molecule has 1 aliphatic carbocycles. The molecule has 2 rings (SSSR count). The molecular weight excluding hydrogens is 234 g/mol. The van der Waals surface area contributed by atoms with Gasteiger partial charge in [-0.3, -0.25) is 9.59 Å². The van der Waals surface area contributed by atoms with Crippen molar-refractivity contribution >= 4 is 11.9 Å². The lowest BCUT2D eigenvalue weighted by atomic mass is 9.93. The number of nitrogens with one attached hydrogen (secondary N) is 1. The molecule has 2 N–H and O–H groups in total. The van der Waals surface area contributed by atoms with Crippen molar-refractivity contribution in [3.63, 3.8) is 0 Å². The van der Waals surface area contributed by atoms with E-state index in [1.807, 2.05) is 0 Å². The largest absolute Gasteiger partial charge is 0.481 e. The molecule has 0 aliphatic heterocycles. The highest BCUT2D eigenvalue weighted by Gasteiger charge is 2.37. The minimum absolute atomic E-state index is 0.0353. The van der Waals surface area contributed by atoms with Crippen LogP contribution < -0.4 is 5.32 Å². The van der Waals surface area contributed by atoms with Crippen molar-refractivity contribution < 1.29 is 14.7 Å². The molecule has 0 radical (unpaired) electrons. The number of nitrogens with zero attached hydrogens (tertiary/aromatic N) is 2. The second kappa shape index (κ2) is 5.12. The molecule has 96 valence electrons. The summed E-state index contributed by atoms with van der Waals surface area (Å²) in [6, 6.07) is 0. The fourth-order valence-corrected chi connectivity index (χ4v) is 2.42. The van der Waals surface area contributed by atoms with E-state index in [-0.39, 0.29) is 12.3 Å². The summed E-state index contributed by atoms with van der Waals surface area (Å²) in [5.41, 5.74) is -0.257. The number of carboxylic acid groups (broad SMARTS) is 1. The van der Waals surface area contributed by atoms with Gasteiger partial charge in [-0.05, 0) is 12.8 Å². The molecule has 1 aromatic rings. The monoisotopic (exact) mass is 249 g/mol. The van der Waals surface area contributed by atoms with E-state index in [0.29, 0.717) is 18.4 Å². The van der Waals surface area contributed by atoms with Crippen LogP contribution in [0.3, 0.4) is 0 Å². The molecule has 6 heteroatoms. The third-order valence-electron chi connectivity index (χ3n) is 3.25. The molecule has 18 heavy (non-hydrogen) atoms. The van der Waals surface area contributed by atoms with Gasteiger partial charge in [0.2, 0.25) is 0 Å². The van der Waals surface area contributed by atoms with E-state index in [1.165, 1.54) is 18.7 Å². The zero-order chi connectivity index (χ0) is 13.0. The first-order valence-corrected chi connectivity index (χ1v) is 5.91. The Balaban J connectivity index is 2.10. The van der Waals surface area contributed by atoms with Crippen LogP contribution in [0.4, 0.5) is 0 Å². The average Bonchev–Trinajstić information content (AvgIpc) is 2.77. The Hall–Kier alpha value is -1.98. The van der Waals surface area contributed by atoms with Gasteiger partial charge in [0.15, 0.2) is 0 Å². The number of aliphatic carboxylic acids is 1. The third-order valence-corrected chi connectivity index (χ3v) is 3.25. The van der Waals surface area contributed by atoms with E-state index in [2.05, 4.69) is 15.3 Å². The van der Waals surface area contributed by atoms with Crippen LogP contribution in [0.15, 0.2) is 18.7 Å². The molecule has 0 saturated heterocycles. The van der Waals surface area contributed by atoms with Crippen molar-refractivity contribution in [1.29, 1.82) is 0 Å². The van der Waals surface area contributed by atoms with Crippen molar-refractivity contribution in [1.82, 2.24) is 15.3 Å². The average molecular weight is 249 g/mol. The van der Waals surface area contributed by atoms with Crippen LogP contribution in [0.5, 0.6) is 0 Å². The predicted octanol–water partition coefficient (Wildman–Crippen LogP) is 0.994. The van der Waals surface area contributed by atoms with E-state index >= 15 is 0 Å². The van der Waals surface area contributed by atoms with Crippen LogP contribution in [0, 0.1) is 0 Å². The molecule has 0 bridgehead atoms. The summed E-state index contributed by atoms with van der Waals surface area (Å²) < 4.78 is 0. The lowest BCUT2D eigenvalue weighted by molar-refractivity contribution is -0.138. The SMILES string of the molecule is O=C(O)CC1(NC(=O)c2cncnc2)CCCC1. The number of hydrogen-bond donors (Lipinski definition) is 2. The van der Waals surface area contributed by atoms with E-state index in [0.717, 1.165) is 12.8 Å². The molecule has 1 heterocycles. The van der Waals surface area contributed by atoms with Crippen LogP contribution in [0.1, 0.15) is 42.5 Å². The van der Waals surface area contributed by atoms with Gasteiger partial charge in [0.1, 0.15) is 6.33 Å². The van der Waals surface area contributed by atoms with Gasteiger partial charge in [-0.15, -0.1) is 0 Å². The van der Waals surface area contributed by atoms with Gasteiger partial charge in [-0.2, -0.15) is 0 Å². The smallest absolute Gasteiger partial charge is 0.305 e. The first-order chi connectivity index (χ1) is 8.61. The zero-order valence-electron chi connectivity index (χ0n) is 9.93. The second-order valence-electron chi connectivity index (χ2n) is 4.64. The van der Waals surface area contributed by atoms with E-state index in [4.69, 9.17) is 5.11 Å². The molecule has 0 atom stereocenters. The Morgan fingerprint density at radius 2 is 1.89 bits per heavy atom. The maximum absolute atomic E-state index is 12.0. The highest BCUT2D eigenvalue weighted by atomic mass is 16.4. The van der Waals surface area contributed by atoms with Crippen molar-refractivity contribution in [3.8, 4) is 0 Å². The number of amides is 1. The highest BCUT2D eigenvalue weighted by Crippen LogP contribution is 2.32. The fraction of sp³-hybridized carbons (Fsp3) is 0.500. The topological polar surface area (TPSA) is 92.2 Å². The summed E-state index contributed by atoms with van der Waals surface area (Å²) in [5, 5.41) is 11.8. The number of carboxylic acids is 1. The number of carbonyl (C=O) groups is 2. The van der Waals surface area contributed by atoms with E-state index in [1.54, 1.807) is 0 Å². The molecule has 1 amide bonds. The predicted molar refractivity (Wildman–Crippen MR) is 63.0 cm³/mol. The summed E-state index contributed by atoms with van der Waals surface area (Å²) in [4.78, 5) is 30.5. The van der Waals surface area contributed by atoms with Crippen molar-refractivity contribution in [2.24, 2.45) is 0 Å². The van der Waals surface area contributed by atoms with E-state index in [9.17, 15) is 9.59 Å². The summed E-state index contributed by atoms with van der Waals surface area (Å²) in [5.74, 6) is -1.19. The standard InChI is InChI=1S/C12H15N3O3/c16-10(17)5-12(3-1-2-4-12)15-11(18)9-6-13-8-14-7-9/h6-8H,1-5H2,(H,15,18)(H,16,17). The second-order valence-corrected chi connectivity index (χ2v) is 4.64. The van der Waals surface area contributed by atoms with Gasteiger partial charge in [-0.25, -0.2) is 9.97 Å². The summed E-state index contributed by atoms with van der Waals surface area (Å²) in [6.07, 6.45) is 7.46. The van der Waals surface area contributed by atoms with Crippen LogP contribution in [0.25, 0.3) is 0 Å². The van der Waals surface area contributed by atoms with Gasteiger partial charge < -0.3 is 10.4 Å². The van der Waals surface area contributed by atoms with Crippen LogP contribution in [0.2, 0.25) is 0 Å². The first-order valence-electron chi connectivity index (χ1n) is 5.91. The van der Waals surface area contributed by atoms with Gasteiger partial charge in [0.05, 0.1) is 17.5 Å². The maximum Gasteiger partial charge on any atom is 0.305 e. The van der Waals surface area contributed by atoms with Crippen LogP contribution in [-0.4, -0.2) is 32.5 Å².